The van der Waals surface area contributed by atoms with Gasteiger partial charge in [-0.15, -0.1) is 11.6 Å². The molecule has 2 rings (SSSR count). The summed E-state index contributed by atoms with van der Waals surface area (Å²) < 4.78 is 1.59. The maximum Gasteiger partial charge on any atom is 0.261 e. The van der Waals surface area contributed by atoms with Gasteiger partial charge in [0.15, 0.2) is 0 Å². The first-order valence-corrected chi connectivity index (χ1v) is 9.89. The van der Waals surface area contributed by atoms with Crippen LogP contribution < -0.4 is 5.56 Å². The van der Waals surface area contributed by atoms with Crippen LogP contribution in [-0.4, -0.2) is 32.8 Å². The van der Waals surface area contributed by atoms with Gasteiger partial charge in [-0.25, -0.2) is 4.98 Å². The molecule has 6 heteroatoms. The number of carbonyl (C=O) groups excluding carboxylic acids is 1. The van der Waals surface area contributed by atoms with E-state index in [1.54, 1.807) is 17.7 Å². The molecule has 0 aliphatic rings. The lowest BCUT2D eigenvalue weighted by molar-refractivity contribution is -0.134. The van der Waals surface area contributed by atoms with E-state index in [1.807, 2.05) is 30.0 Å². The molecule has 0 bridgehead atoms. The molecule has 0 aliphatic carbocycles. The number of benzene rings is 1. The van der Waals surface area contributed by atoms with Crippen LogP contribution in [0.25, 0.3) is 10.9 Å². The normalized spacial score (nSPS) is 12.3. The lowest BCUT2D eigenvalue weighted by atomic mass is 10.1. The molecule has 0 aliphatic heterocycles. The molecule has 0 spiro atoms. The second-order valence-corrected chi connectivity index (χ2v) is 6.89. The monoisotopic (exact) mass is 377 g/mol. The summed E-state index contributed by atoms with van der Waals surface area (Å²) >= 11 is 5.77. The van der Waals surface area contributed by atoms with Crippen LogP contribution in [0.4, 0.5) is 0 Å². The van der Waals surface area contributed by atoms with Gasteiger partial charge in [0.25, 0.3) is 5.56 Å². The van der Waals surface area contributed by atoms with Crippen LogP contribution in [0.2, 0.25) is 0 Å². The van der Waals surface area contributed by atoms with E-state index in [1.165, 1.54) is 0 Å². The zero-order valence-corrected chi connectivity index (χ0v) is 16.6. The standard InChI is InChI=1S/C20H28ClN3O2/c1-4-6-14-24(18(25)12-9-13-21)17(5-2)19-22-16-11-8-7-10-15(16)20(26)23(19)3/h7-8,10-11,17H,4-6,9,12-14H2,1-3H3. The van der Waals surface area contributed by atoms with Crippen LogP contribution in [-0.2, 0) is 11.8 Å². The Bertz CT molecular complexity index is 803. The molecule has 26 heavy (non-hydrogen) atoms. The fourth-order valence-corrected chi connectivity index (χ4v) is 3.35. The summed E-state index contributed by atoms with van der Waals surface area (Å²) in [6.45, 7) is 4.80. The molecular weight excluding hydrogens is 350 g/mol. The van der Waals surface area contributed by atoms with E-state index in [9.17, 15) is 9.59 Å². The van der Waals surface area contributed by atoms with E-state index in [0.717, 1.165) is 12.8 Å². The van der Waals surface area contributed by atoms with Crippen LogP contribution in [0.1, 0.15) is 57.8 Å². The number of hydrogen-bond acceptors (Lipinski definition) is 3. The fraction of sp³-hybridized carbons (Fsp3) is 0.550. The van der Waals surface area contributed by atoms with Gasteiger partial charge in [0.05, 0.1) is 16.9 Å². The highest BCUT2D eigenvalue weighted by Crippen LogP contribution is 2.25. The van der Waals surface area contributed by atoms with Crippen molar-refractivity contribution in [3.05, 3.63) is 40.4 Å². The number of nitrogens with zero attached hydrogens (tertiary/aromatic N) is 3. The molecule has 2 aromatic rings. The minimum atomic E-state index is -0.216. The van der Waals surface area contributed by atoms with Crippen molar-refractivity contribution in [1.82, 2.24) is 14.5 Å². The van der Waals surface area contributed by atoms with Crippen molar-refractivity contribution < 1.29 is 4.79 Å². The number of aromatic nitrogens is 2. The Morgan fingerprint density at radius 1 is 1.27 bits per heavy atom. The van der Waals surface area contributed by atoms with Crippen molar-refractivity contribution in [2.24, 2.45) is 7.05 Å². The van der Waals surface area contributed by atoms with Crippen LogP contribution >= 0.6 is 11.6 Å². The first-order valence-electron chi connectivity index (χ1n) is 9.36. The largest absolute Gasteiger partial charge is 0.333 e. The van der Waals surface area contributed by atoms with Crippen molar-refractivity contribution in [3.63, 3.8) is 0 Å². The maximum atomic E-state index is 12.8. The third-order valence-electron chi connectivity index (χ3n) is 4.68. The van der Waals surface area contributed by atoms with Gasteiger partial charge in [-0.2, -0.15) is 0 Å². The second kappa shape index (κ2) is 9.72. The summed E-state index contributed by atoms with van der Waals surface area (Å²) in [6, 6.07) is 7.13. The minimum absolute atomic E-state index is 0.0762. The summed E-state index contributed by atoms with van der Waals surface area (Å²) in [5, 5.41) is 0.599. The molecule has 1 aromatic carbocycles. The summed E-state index contributed by atoms with van der Waals surface area (Å²) in [5.41, 5.74) is 0.598. The Hall–Kier alpha value is -1.88. The molecule has 142 valence electrons. The highest BCUT2D eigenvalue weighted by atomic mass is 35.5. The number of para-hydroxylation sites is 1. The molecule has 1 aromatic heterocycles. The van der Waals surface area contributed by atoms with Gasteiger partial charge in [-0.3, -0.25) is 14.2 Å². The van der Waals surface area contributed by atoms with Crippen molar-refractivity contribution in [2.75, 3.05) is 12.4 Å². The number of amides is 1. The van der Waals surface area contributed by atoms with Crippen molar-refractivity contribution >= 4 is 28.4 Å². The molecule has 0 saturated heterocycles. The molecule has 5 nitrogen and oxygen atoms in total. The number of halogens is 1. The van der Waals surface area contributed by atoms with Crippen molar-refractivity contribution in [2.45, 2.75) is 52.0 Å². The average molecular weight is 378 g/mol. The summed E-state index contributed by atoms with van der Waals surface area (Å²) in [5.74, 6) is 1.19. The van der Waals surface area contributed by atoms with Gasteiger partial charge < -0.3 is 4.90 Å². The first kappa shape index (κ1) is 20.4. The quantitative estimate of drug-likeness (QED) is 0.620. The van der Waals surface area contributed by atoms with Gasteiger partial charge in [-0.1, -0.05) is 32.4 Å². The third-order valence-corrected chi connectivity index (χ3v) is 4.94. The van der Waals surface area contributed by atoms with Crippen molar-refractivity contribution in [3.8, 4) is 0 Å². The SMILES string of the molecule is CCCCN(C(=O)CCCCl)C(CC)c1nc2ccccc2c(=O)n1C. The number of alkyl halides is 1. The van der Waals surface area contributed by atoms with Crippen molar-refractivity contribution in [1.29, 1.82) is 0 Å². The Kier molecular flexibility index (Phi) is 7.64. The van der Waals surface area contributed by atoms with Crippen LogP contribution in [0.15, 0.2) is 29.1 Å². The topological polar surface area (TPSA) is 55.2 Å². The number of carbonyl (C=O) groups is 1. The van der Waals surface area contributed by atoms with E-state index in [4.69, 9.17) is 16.6 Å². The second-order valence-electron chi connectivity index (χ2n) is 6.51. The number of fused-ring (bicyclic) bond motifs is 1. The molecule has 0 N–H and O–H groups in total. The number of unbranched alkanes of at least 4 members (excludes halogenated alkanes) is 1. The Labute approximate surface area is 160 Å². The molecule has 1 heterocycles. The summed E-state index contributed by atoms with van der Waals surface area (Å²) in [4.78, 5) is 32.2. The van der Waals surface area contributed by atoms with E-state index < -0.39 is 0 Å². The van der Waals surface area contributed by atoms with Gasteiger partial charge in [-0.05, 0) is 31.4 Å². The maximum absolute atomic E-state index is 12.8. The van der Waals surface area contributed by atoms with E-state index in [-0.39, 0.29) is 17.5 Å². The Morgan fingerprint density at radius 3 is 2.65 bits per heavy atom. The lowest BCUT2D eigenvalue weighted by Gasteiger charge is -2.32. The smallest absolute Gasteiger partial charge is 0.261 e. The van der Waals surface area contributed by atoms with Crippen LogP contribution in [0.3, 0.4) is 0 Å². The van der Waals surface area contributed by atoms with Gasteiger partial charge in [0.2, 0.25) is 5.91 Å². The highest BCUT2D eigenvalue weighted by molar-refractivity contribution is 6.17. The van der Waals surface area contributed by atoms with E-state index >= 15 is 0 Å². The fourth-order valence-electron chi connectivity index (χ4n) is 3.22. The first-order chi connectivity index (χ1) is 12.5. The number of rotatable bonds is 9. The minimum Gasteiger partial charge on any atom is -0.333 e. The Balaban J connectivity index is 2.49. The van der Waals surface area contributed by atoms with Crippen LogP contribution in [0.5, 0.6) is 0 Å². The van der Waals surface area contributed by atoms with Gasteiger partial charge in [0.1, 0.15) is 5.82 Å². The zero-order chi connectivity index (χ0) is 19.1. The molecule has 0 saturated carbocycles. The predicted molar refractivity (Wildman–Crippen MR) is 107 cm³/mol. The number of hydrogen-bond donors (Lipinski definition) is 0. The van der Waals surface area contributed by atoms with E-state index in [2.05, 4.69) is 6.92 Å². The third kappa shape index (κ3) is 4.44. The van der Waals surface area contributed by atoms with Crippen LogP contribution in [0, 0.1) is 0 Å². The summed E-state index contributed by atoms with van der Waals surface area (Å²) in [7, 11) is 1.74. The average Bonchev–Trinajstić information content (AvgIpc) is 2.66. The molecular formula is C20H28ClN3O2. The Morgan fingerprint density at radius 2 is 2.00 bits per heavy atom. The summed E-state index contributed by atoms with van der Waals surface area (Å²) in [6.07, 6.45) is 3.70. The molecule has 0 radical (unpaired) electrons. The predicted octanol–water partition coefficient (Wildman–Crippen LogP) is 4.03. The zero-order valence-electron chi connectivity index (χ0n) is 15.9. The molecule has 0 fully saturated rings. The molecule has 1 atom stereocenters. The molecule has 1 amide bonds. The lowest BCUT2D eigenvalue weighted by Crippen LogP contribution is -2.38. The van der Waals surface area contributed by atoms with Gasteiger partial charge >= 0.3 is 0 Å². The van der Waals surface area contributed by atoms with E-state index in [0.29, 0.717) is 48.4 Å². The highest BCUT2D eigenvalue weighted by Gasteiger charge is 2.26. The molecule has 1 unspecified atom stereocenters. The van der Waals surface area contributed by atoms with Gasteiger partial charge in [0, 0.05) is 25.9 Å².